The summed E-state index contributed by atoms with van der Waals surface area (Å²) in [5.41, 5.74) is -0.143. The molecule has 0 radical (unpaired) electrons. The molecule has 1 aliphatic heterocycles. The SMILES string of the molecule is CC(C)(O)C1CCN(c2nc(Cl)nc(Nc3cccc(OC(F)(F)F)c3)c2C=N)CC1. The summed E-state index contributed by atoms with van der Waals surface area (Å²) in [5, 5.41) is 20.9. The van der Waals surface area contributed by atoms with Gasteiger partial charge in [-0.05, 0) is 56.3 Å². The van der Waals surface area contributed by atoms with Crippen LogP contribution in [-0.2, 0) is 0 Å². The molecule has 2 aromatic rings. The summed E-state index contributed by atoms with van der Waals surface area (Å²) in [5.74, 6) is 0.398. The molecule has 0 aliphatic carbocycles. The average molecular weight is 458 g/mol. The van der Waals surface area contributed by atoms with E-state index in [9.17, 15) is 18.3 Å². The van der Waals surface area contributed by atoms with Crippen LogP contribution >= 0.6 is 11.6 Å². The Morgan fingerprint density at radius 2 is 1.94 bits per heavy atom. The van der Waals surface area contributed by atoms with Crippen LogP contribution in [0, 0.1) is 11.3 Å². The van der Waals surface area contributed by atoms with Crippen LogP contribution in [0.3, 0.4) is 0 Å². The Hall–Kier alpha value is -2.59. The Kier molecular flexibility index (Phi) is 6.61. The predicted octanol–water partition coefficient (Wildman–Crippen LogP) is 4.76. The van der Waals surface area contributed by atoms with Gasteiger partial charge in [0.05, 0.1) is 11.2 Å². The van der Waals surface area contributed by atoms with Gasteiger partial charge >= 0.3 is 6.36 Å². The van der Waals surface area contributed by atoms with Gasteiger partial charge in [0, 0.05) is 31.1 Å². The molecule has 7 nitrogen and oxygen atoms in total. The van der Waals surface area contributed by atoms with Crippen LogP contribution in [-0.4, -0.2) is 46.3 Å². The molecule has 1 saturated heterocycles. The van der Waals surface area contributed by atoms with E-state index < -0.39 is 12.0 Å². The van der Waals surface area contributed by atoms with E-state index in [2.05, 4.69) is 20.0 Å². The number of ether oxygens (including phenoxy) is 1. The number of rotatable bonds is 6. The summed E-state index contributed by atoms with van der Waals surface area (Å²) < 4.78 is 41.4. The molecule has 1 aromatic heterocycles. The van der Waals surface area contributed by atoms with E-state index in [4.69, 9.17) is 17.0 Å². The maximum absolute atomic E-state index is 12.5. The number of aliphatic hydroxyl groups is 1. The van der Waals surface area contributed by atoms with E-state index in [1.165, 1.54) is 18.2 Å². The normalized spacial score (nSPS) is 15.6. The van der Waals surface area contributed by atoms with Crippen molar-refractivity contribution in [2.75, 3.05) is 23.3 Å². The highest BCUT2D eigenvalue weighted by molar-refractivity contribution is 6.28. The van der Waals surface area contributed by atoms with Gasteiger partial charge in [0.25, 0.3) is 0 Å². The minimum atomic E-state index is -4.81. The van der Waals surface area contributed by atoms with Crippen molar-refractivity contribution in [2.45, 2.75) is 38.7 Å². The van der Waals surface area contributed by atoms with E-state index in [1.54, 1.807) is 19.9 Å². The zero-order chi connectivity index (χ0) is 22.8. The molecule has 3 rings (SSSR count). The Bertz CT molecular complexity index is 941. The molecule has 0 amide bonds. The fourth-order valence-corrected chi connectivity index (χ4v) is 3.77. The summed E-state index contributed by atoms with van der Waals surface area (Å²) in [6.45, 7) is 4.79. The number of nitrogens with zero attached hydrogens (tertiary/aromatic N) is 3. The lowest BCUT2D eigenvalue weighted by atomic mass is 9.83. The highest BCUT2D eigenvalue weighted by Gasteiger charge is 2.32. The first-order chi connectivity index (χ1) is 14.5. The number of benzene rings is 1. The third-order valence-electron chi connectivity index (χ3n) is 5.17. The van der Waals surface area contributed by atoms with E-state index >= 15 is 0 Å². The third kappa shape index (κ3) is 5.98. The maximum Gasteiger partial charge on any atom is 0.573 e. The number of aromatic nitrogens is 2. The second kappa shape index (κ2) is 8.88. The fraction of sp³-hybridized carbons (Fsp3) is 0.450. The zero-order valence-electron chi connectivity index (χ0n) is 17.0. The molecule has 11 heteroatoms. The third-order valence-corrected chi connectivity index (χ3v) is 5.34. The average Bonchev–Trinajstić information content (AvgIpc) is 2.66. The molecule has 31 heavy (non-hydrogen) atoms. The quantitative estimate of drug-likeness (QED) is 0.428. The van der Waals surface area contributed by atoms with Crippen LogP contribution in [0.25, 0.3) is 0 Å². The number of piperidine rings is 1. The molecule has 2 heterocycles. The van der Waals surface area contributed by atoms with Crippen LogP contribution in [0.1, 0.15) is 32.3 Å². The standard InChI is InChI=1S/C20H23ClF3N5O2/c1-19(2,30)12-6-8-29(9-7-12)17-15(11-25)16(27-18(21)28-17)26-13-4-3-5-14(10-13)31-20(22,23)24/h3-5,10-12,25,30H,6-9H2,1-2H3,(H,26,27,28). The highest BCUT2D eigenvalue weighted by Crippen LogP contribution is 2.34. The molecule has 0 atom stereocenters. The van der Waals surface area contributed by atoms with Crippen molar-refractivity contribution in [3.8, 4) is 5.75 Å². The summed E-state index contributed by atoms with van der Waals surface area (Å²) >= 11 is 6.11. The molecule has 0 bridgehead atoms. The van der Waals surface area contributed by atoms with Gasteiger partial charge in [-0.2, -0.15) is 9.97 Å². The minimum absolute atomic E-state index is 0.0598. The van der Waals surface area contributed by atoms with Gasteiger partial charge < -0.3 is 25.5 Å². The highest BCUT2D eigenvalue weighted by atomic mass is 35.5. The smallest absolute Gasteiger partial charge is 0.406 e. The summed E-state index contributed by atoms with van der Waals surface area (Å²) in [7, 11) is 0. The lowest BCUT2D eigenvalue weighted by Gasteiger charge is -2.38. The summed E-state index contributed by atoms with van der Waals surface area (Å²) in [4.78, 5) is 10.4. The summed E-state index contributed by atoms with van der Waals surface area (Å²) in [6, 6.07) is 5.30. The van der Waals surface area contributed by atoms with Crippen LogP contribution in [0.5, 0.6) is 5.75 Å². The Labute approximate surface area is 182 Å². The van der Waals surface area contributed by atoms with Gasteiger partial charge in [-0.25, -0.2) is 0 Å². The van der Waals surface area contributed by atoms with Gasteiger partial charge in [-0.1, -0.05) is 6.07 Å². The minimum Gasteiger partial charge on any atom is -0.406 e. The Morgan fingerprint density at radius 3 is 2.52 bits per heavy atom. The zero-order valence-corrected chi connectivity index (χ0v) is 17.8. The fourth-order valence-electron chi connectivity index (χ4n) is 3.61. The van der Waals surface area contributed by atoms with Crippen molar-refractivity contribution in [3.63, 3.8) is 0 Å². The van der Waals surface area contributed by atoms with Crippen LogP contribution in [0.2, 0.25) is 5.28 Å². The first-order valence-corrected chi connectivity index (χ1v) is 10.0. The number of hydrogen-bond acceptors (Lipinski definition) is 7. The van der Waals surface area contributed by atoms with Crippen molar-refractivity contribution < 1.29 is 23.0 Å². The molecular weight excluding hydrogens is 435 g/mol. The monoisotopic (exact) mass is 457 g/mol. The Balaban J connectivity index is 1.86. The molecule has 0 saturated carbocycles. The number of anilines is 3. The molecule has 168 valence electrons. The van der Waals surface area contributed by atoms with Gasteiger partial charge in [-0.15, -0.1) is 13.2 Å². The second-order valence-electron chi connectivity index (χ2n) is 7.84. The van der Waals surface area contributed by atoms with Crippen molar-refractivity contribution in [3.05, 3.63) is 35.1 Å². The molecule has 1 aromatic carbocycles. The van der Waals surface area contributed by atoms with Crippen LogP contribution in [0.15, 0.2) is 24.3 Å². The molecule has 1 aliphatic rings. The predicted molar refractivity (Wildman–Crippen MR) is 113 cm³/mol. The van der Waals surface area contributed by atoms with Gasteiger partial charge in [0.2, 0.25) is 5.28 Å². The number of nitrogens with one attached hydrogen (secondary N) is 2. The molecule has 0 unspecified atom stereocenters. The van der Waals surface area contributed by atoms with Crippen molar-refractivity contribution in [1.29, 1.82) is 5.41 Å². The Morgan fingerprint density at radius 1 is 1.26 bits per heavy atom. The number of hydrogen-bond donors (Lipinski definition) is 3. The first-order valence-electron chi connectivity index (χ1n) is 9.64. The van der Waals surface area contributed by atoms with E-state index in [0.717, 1.165) is 19.1 Å². The molecule has 1 fully saturated rings. The van der Waals surface area contributed by atoms with E-state index in [1.807, 2.05) is 4.90 Å². The molecule has 3 N–H and O–H groups in total. The van der Waals surface area contributed by atoms with Crippen molar-refractivity contribution in [1.82, 2.24) is 9.97 Å². The van der Waals surface area contributed by atoms with Crippen molar-refractivity contribution in [2.24, 2.45) is 5.92 Å². The second-order valence-corrected chi connectivity index (χ2v) is 8.18. The first kappa shape index (κ1) is 23.1. The topological polar surface area (TPSA) is 94.4 Å². The number of alkyl halides is 3. The van der Waals surface area contributed by atoms with Gasteiger partial charge in [-0.3, -0.25) is 0 Å². The lowest BCUT2D eigenvalue weighted by Crippen LogP contribution is -2.42. The van der Waals surface area contributed by atoms with Gasteiger partial charge in [0.15, 0.2) is 0 Å². The van der Waals surface area contributed by atoms with E-state index in [-0.39, 0.29) is 28.5 Å². The van der Waals surface area contributed by atoms with Crippen LogP contribution < -0.4 is 15.0 Å². The largest absolute Gasteiger partial charge is 0.573 e. The van der Waals surface area contributed by atoms with Gasteiger partial charge in [0.1, 0.15) is 17.4 Å². The van der Waals surface area contributed by atoms with Crippen molar-refractivity contribution >= 4 is 35.1 Å². The maximum atomic E-state index is 12.5. The van der Waals surface area contributed by atoms with E-state index in [0.29, 0.717) is 24.5 Å². The number of halogens is 4. The van der Waals surface area contributed by atoms with Crippen LogP contribution in [0.4, 0.5) is 30.5 Å². The summed E-state index contributed by atoms with van der Waals surface area (Å²) in [6.07, 6.45) is -2.25. The lowest BCUT2D eigenvalue weighted by molar-refractivity contribution is -0.274. The molecule has 0 spiro atoms. The molecular formula is C20H23ClF3N5O2.